The second-order valence-corrected chi connectivity index (χ2v) is 7.34. The zero-order valence-electron chi connectivity index (χ0n) is 13.9. The van der Waals surface area contributed by atoms with Crippen LogP contribution in [0.3, 0.4) is 0 Å². The number of benzene rings is 2. The van der Waals surface area contributed by atoms with Crippen LogP contribution in [0.2, 0.25) is 0 Å². The molecular formula is C18H18N4O2S. The van der Waals surface area contributed by atoms with E-state index in [1.165, 1.54) is 12.4 Å². The molecule has 0 atom stereocenters. The van der Waals surface area contributed by atoms with E-state index in [1.807, 2.05) is 44.4 Å². The van der Waals surface area contributed by atoms with Crippen molar-refractivity contribution < 1.29 is 8.42 Å². The van der Waals surface area contributed by atoms with Gasteiger partial charge in [-0.1, -0.05) is 42.5 Å². The first-order chi connectivity index (χ1) is 12.0. The summed E-state index contributed by atoms with van der Waals surface area (Å²) < 4.78 is 27.5. The van der Waals surface area contributed by atoms with Crippen molar-refractivity contribution in [3.8, 4) is 11.1 Å². The van der Waals surface area contributed by atoms with Crippen molar-refractivity contribution >= 4 is 21.7 Å². The molecule has 0 bridgehead atoms. The third-order valence-electron chi connectivity index (χ3n) is 3.56. The minimum atomic E-state index is -3.69. The highest BCUT2D eigenvalue weighted by molar-refractivity contribution is 7.92. The second-order valence-electron chi connectivity index (χ2n) is 5.66. The lowest BCUT2D eigenvalue weighted by Gasteiger charge is -2.11. The maximum atomic E-state index is 12.5. The Morgan fingerprint density at radius 3 is 1.96 bits per heavy atom. The van der Waals surface area contributed by atoms with Crippen LogP contribution < -0.4 is 9.62 Å². The molecule has 1 N–H and O–H groups in total. The van der Waals surface area contributed by atoms with Crippen LogP contribution in [0.5, 0.6) is 0 Å². The topological polar surface area (TPSA) is 75.2 Å². The fourth-order valence-electron chi connectivity index (χ4n) is 2.28. The number of hydrogen-bond donors (Lipinski definition) is 1. The largest absolute Gasteiger partial charge is 0.347 e. The lowest BCUT2D eigenvalue weighted by Crippen LogP contribution is -2.15. The van der Waals surface area contributed by atoms with Crippen molar-refractivity contribution in [2.24, 2.45) is 0 Å². The van der Waals surface area contributed by atoms with Gasteiger partial charge in [-0.15, -0.1) is 0 Å². The Balaban J connectivity index is 1.80. The quantitative estimate of drug-likeness (QED) is 0.762. The molecule has 0 amide bonds. The molecule has 0 spiro atoms. The predicted octanol–water partition coefficient (Wildman–Crippen LogP) is 3.01. The molecule has 0 saturated carbocycles. The summed E-state index contributed by atoms with van der Waals surface area (Å²) in [4.78, 5) is 10.1. The SMILES string of the molecule is CN(C)c1ncc(NS(=O)(=O)c2ccc(-c3ccccc3)cc2)cn1. The molecule has 7 heteroatoms. The minimum Gasteiger partial charge on any atom is -0.347 e. The van der Waals surface area contributed by atoms with Crippen molar-refractivity contribution in [3.05, 3.63) is 67.0 Å². The smallest absolute Gasteiger partial charge is 0.261 e. The fraction of sp³-hybridized carbons (Fsp3) is 0.111. The van der Waals surface area contributed by atoms with E-state index >= 15 is 0 Å². The summed E-state index contributed by atoms with van der Waals surface area (Å²) in [5, 5.41) is 0. The molecule has 2 aromatic carbocycles. The Morgan fingerprint density at radius 2 is 1.40 bits per heavy atom. The molecule has 0 saturated heterocycles. The third-order valence-corrected chi connectivity index (χ3v) is 4.96. The Bertz CT molecular complexity index is 939. The first kappa shape index (κ1) is 16.9. The number of sulfonamides is 1. The molecule has 3 aromatic rings. The number of nitrogens with zero attached hydrogens (tertiary/aromatic N) is 3. The highest BCUT2D eigenvalue weighted by Gasteiger charge is 2.15. The molecule has 3 rings (SSSR count). The molecule has 0 radical (unpaired) electrons. The summed E-state index contributed by atoms with van der Waals surface area (Å²) in [6.07, 6.45) is 2.89. The zero-order valence-corrected chi connectivity index (χ0v) is 14.7. The van der Waals surface area contributed by atoms with Gasteiger partial charge >= 0.3 is 0 Å². The van der Waals surface area contributed by atoms with Gasteiger partial charge in [-0.3, -0.25) is 4.72 Å². The van der Waals surface area contributed by atoms with Crippen molar-refractivity contribution in [3.63, 3.8) is 0 Å². The number of nitrogens with one attached hydrogen (secondary N) is 1. The predicted molar refractivity (Wildman–Crippen MR) is 99.0 cm³/mol. The molecule has 0 aliphatic heterocycles. The average molecular weight is 354 g/mol. The number of anilines is 2. The molecule has 0 aliphatic carbocycles. The van der Waals surface area contributed by atoms with Crippen LogP contribution in [-0.2, 0) is 10.0 Å². The Hall–Kier alpha value is -2.93. The van der Waals surface area contributed by atoms with Crippen LogP contribution in [0.15, 0.2) is 71.9 Å². The molecule has 0 unspecified atom stereocenters. The standard InChI is InChI=1S/C18H18N4O2S/c1-22(2)18-19-12-16(13-20-18)21-25(23,24)17-10-8-15(9-11-17)14-6-4-3-5-7-14/h3-13,21H,1-2H3. The first-order valence-electron chi connectivity index (χ1n) is 7.63. The van der Waals surface area contributed by atoms with Gasteiger partial charge in [0.25, 0.3) is 10.0 Å². The normalized spacial score (nSPS) is 11.1. The summed E-state index contributed by atoms with van der Waals surface area (Å²) in [6, 6.07) is 16.5. The fourth-order valence-corrected chi connectivity index (χ4v) is 3.30. The summed E-state index contributed by atoms with van der Waals surface area (Å²) in [5.41, 5.74) is 2.31. The van der Waals surface area contributed by atoms with E-state index < -0.39 is 10.0 Å². The Morgan fingerprint density at radius 1 is 0.840 bits per heavy atom. The van der Waals surface area contributed by atoms with Crippen LogP contribution in [0.1, 0.15) is 0 Å². The van der Waals surface area contributed by atoms with Gasteiger partial charge in [-0.25, -0.2) is 18.4 Å². The van der Waals surface area contributed by atoms with Crippen molar-refractivity contribution in [1.29, 1.82) is 0 Å². The number of hydrogen-bond acceptors (Lipinski definition) is 5. The van der Waals surface area contributed by atoms with Gasteiger partial charge in [0.15, 0.2) is 0 Å². The molecular weight excluding hydrogens is 336 g/mol. The zero-order chi connectivity index (χ0) is 17.9. The van der Waals surface area contributed by atoms with Crippen molar-refractivity contribution in [2.45, 2.75) is 4.90 Å². The van der Waals surface area contributed by atoms with E-state index in [9.17, 15) is 8.42 Å². The molecule has 0 fully saturated rings. The van der Waals surface area contributed by atoms with Crippen LogP contribution in [0.25, 0.3) is 11.1 Å². The van der Waals surface area contributed by atoms with Gasteiger partial charge in [-0.05, 0) is 23.3 Å². The maximum Gasteiger partial charge on any atom is 0.261 e. The summed E-state index contributed by atoms with van der Waals surface area (Å²) in [7, 11) is -0.0631. The summed E-state index contributed by atoms with van der Waals surface area (Å²) in [6.45, 7) is 0. The maximum absolute atomic E-state index is 12.5. The van der Waals surface area contributed by atoms with E-state index in [0.717, 1.165) is 11.1 Å². The van der Waals surface area contributed by atoms with Gasteiger partial charge in [0.1, 0.15) is 0 Å². The lowest BCUT2D eigenvalue weighted by atomic mass is 10.1. The molecule has 6 nitrogen and oxygen atoms in total. The van der Waals surface area contributed by atoms with Crippen LogP contribution in [0, 0.1) is 0 Å². The van der Waals surface area contributed by atoms with E-state index in [-0.39, 0.29) is 4.90 Å². The monoisotopic (exact) mass is 354 g/mol. The van der Waals surface area contributed by atoms with Crippen LogP contribution in [0.4, 0.5) is 11.6 Å². The highest BCUT2D eigenvalue weighted by Crippen LogP contribution is 2.22. The van der Waals surface area contributed by atoms with Gasteiger partial charge in [0, 0.05) is 14.1 Å². The van der Waals surface area contributed by atoms with E-state index in [4.69, 9.17) is 0 Å². The van der Waals surface area contributed by atoms with Crippen LogP contribution in [-0.4, -0.2) is 32.5 Å². The molecule has 25 heavy (non-hydrogen) atoms. The van der Waals surface area contributed by atoms with Gasteiger partial charge in [0.2, 0.25) is 5.95 Å². The lowest BCUT2D eigenvalue weighted by molar-refractivity contribution is 0.601. The van der Waals surface area contributed by atoms with Gasteiger partial charge in [-0.2, -0.15) is 0 Å². The molecule has 128 valence electrons. The average Bonchev–Trinajstić information content (AvgIpc) is 2.63. The first-order valence-corrected chi connectivity index (χ1v) is 9.12. The van der Waals surface area contributed by atoms with E-state index in [2.05, 4.69) is 14.7 Å². The Labute approximate surface area is 147 Å². The minimum absolute atomic E-state index is 0.184. The van der Waals surface area contributed by atoms with E-state index in [1.54, 1.807) is 29.2 Å². The summed E-state index contributed by atoms with van der Waals surface area (Å²) in [5.74, 6) is 0.509. The summed E-state index contributed by atoms with van der Waals surface area (Å²) >= 11 is 0. The molecule has 0 aliphatic rings. The van der Waals surface area contributed by atoms with Crippen molar-refractivity contribution in [2.75, 3.05) is 23.7 Å². The Kier molecular flexibility index (Phi) is 4.67. The van der Waals surface area contributed by atoms with Gasteiger partial charge in [0.05, 0.1) is 23.0 Å². The van der Waals surface area contributed by atoms with Crippen molar-refractivity contribution in [1.82, 2.24) is 9.97 Å². The number of rotatable bonds is 5. The third kappa shape index (κ3) is 3.95. The second kappa shape index (κ2) is 6.90. The molecule has 1 aromatic heterocycles. The highest BCUT2D eigenvalue weighted by atomic mass is 32.2. The van der Waals surface area contributed by atoms with E-state index in [0.29, 0.717) is 11.6 Å². The number of aromatic nitrogens is 2. The molecule has 1 heterocycles. The van der Waals surface area contributed by atoms with Gasteiger partial charge < -0.3 is 4.90 Å². The van der Waals surface area contributed by atoms with Crippen LogP contribution >= 0.6 is 0 Å².